The fourth-order valence-electron chi connectivity index (χ4n) is 3.66. The molecule has 6 nitrogen and oxygen atoms in total. The van der Waals surface area contributed by atoms with E-state index in [2.05, 4.69) is 23.9 Å². The van der Waals surface area contributed by atoms with E-state index in [4.69, 9.17) is 4.74 Å². The van der Waals surface area contributed by atoms with E-state index in [0.717, 1.165) is 23.5 Å². The maximum absolute atomic E-state index is 13.4. The summed E-state index contributed by atoms with van der Waals surface area (Å²) in [7, 11) is 0. The summed E-state index contributed by atoms with van der Waals surface area (Å²) in [4.78, 5) is 6.89. The van der Waals surface area contributed by atoms with Crippen molar-refractivity contribution in [1.29, 1.82) is 0 Å². The summed E-state index contributed by atoms with van der Waals surface area (Å²) in [6.07, 6.45) is 1.66. The number of ether oxygens (including phenoxy) is 1. The first-order chi connectivity index (χ1) is 12.0. The van der Waals surface area contributed by atoms with Crippen molar-refractivity contribution in [3.05, 3.63) is 46.9 Å². The quantitative estimate of drug-likeness (QED) is 0.739. The van der Waals surface area contributed by atoms with Gasteiger partial charge >= 0.3 is 0 Å². The zero-order valence-electron chi connectivity index (χ0n) is 14.0. The molecule has 1 aromatic carbocycles. The van der Waals surface area contributed by atoms with Gasteiger partial charge in [-0.3, -0.25) is 0 Å². The number of nitrogens with zero attached hydrogens (tertiary/aromatic N) is 3. The second-order valence-electron chi connectivity index (χ2n) is 6.55. The number of rotatable bonds is 3. The monoisotopic (exact) mass is 363 g/mol. The summed E-state index contributed by atoms with van der Waals surface area (Å²) in [5.41, 5.74) is 0.956. The Labute approximate surface area is 148 Å². The molecule has 1 saturated heterocycles. The lowest BCUT2D eigenvalue weighted by atomic mass is 10.0. The smallest absolute Gasteiger partial charge is 0.235 e. The molecule has 4 rings (SSSR count). The average molecular weight is 363 g/mol. The Kier molecular flexibility index (Phi) is 4.18. The molecule has 0 amide bonds. The maximum atomic E-state index is 13.4. The molecule has 8 heteroatoms. The predicted octanol–water partition coefficient (Wildman–Crippen LogP) is 1.42. The Morgan fingerprint density at radius 2 is 1.96 bits per heavy atom. The molecule has 2 N–H and O–H groups in total. The van der Waals surface area contributed by atoms with E-state index in [9.17, 15) is 9.50 Å². The van der Waals surface area contributed by atoms with Crippen LogP contribution >= 0.6 is 11.3 Å². The van der Waals surface area contributed by atoms with Gasteiger partial charge in [0.15, 0.2) is 6.04 Å². The van der Waals surface area contributed by atoms with Gasteiger partial charge in [0.1, 0.15) is 42.3 Å². The molecule has 1 aliphatic heterocycles. The fourth-order valence-corrected chi connectivity index (χ4v) is 4.78. The molecule has 0 radical (unpaired) electrons. The highest BCUT2D eigenvalue weighted by Crippen LogP contribution is 2.34. The van der Waals surface area contributed by atoms with Gasteiger partial charge in [0.2, 0.25) is 10.8 Å². The first-order valence-electron chi connectivity index (χ1n) is 8.30. The van der Waals surface area contributed by atoms with E-state index < -0.39 is 0 Å². The van der Waals surface area contributed by atoms with E-state index in [1.54, 1.807) is 12.1 Å². The number of halogens is 1. The molecule has 0 spiro atoms. The van der Waals surface area contributed by atoms with Crippen molar-refractivity contribution in [2.24, 2.45) is 0 Å². The highest BCUT2D eigenvalue weighted by Gasteiger charge is 2.37. The van der Waals surface area contributed by atoms with E-state index in [0.29, 0.717) is 4.96 Å². The molecular formula is C17H20FN4O2S+. The average Bonchev–Trinajstić information content (AvgIpc) is 3.13. The van der Waals surface area contributed by atoms with Crippen molar-refractivity contribution in [2.45, 2.75) is 32.1 Å². The molecule has 0 saturated carbocycles. The molecule has 1 unspecified atom stereocenters. The number of nitrogens with one attached hydrogen (secondary N) is 1. The first kappa shape index (κ1) is 16.4. The molecule has 3 heterocycles. The van der Waals surface area contributed by atoms with Gasteiger partial charge in [0.25, 0.3) is 0 Å². The maximum Gasteiger partial charge on any atom is 0.235 e. The van der Waals surface area contributed by atoms with E-state index in [-0.39, 0.29) is 29.9 Å². The number of aromatic hydroxyl groups is 1. The van der Waals surface area contributed by atoms with Gasteiger partial charge in [-0.2, -0.15) is 9.61 Å². The lowest BCUT2D eigenvalue weighted by Crippen LogP contribution is -3.15. The van der Waals surface area contributed by atoms with Crippen molar-refractivity contribution >= 4 is 16.3 Å². The number of fused-ring (bicyclic) bond motifs is 1. The minimum absolute atomic E-state index is 0.103. The van der Waals surface area contributed by atoms with Crippen LogP contribution in [0.2, 0.25) is 0 Å². The number of hydrogen-bond donors (Lipinski definition) is 2. The van der Waals surface area contributed by atoms with Gasteiger partial charge in [-0.1, -0.05) is 11.3 Å². The Morgan fingerprint density at radius 3 is 2.60 bits per heavy atom. The van der Waals surface area contributed by atoms with E-state index in [1.807, 2.05) is 0 Å². The second-order valence-corrected chi connectivity index (χ2v) is 7.56. The van der Waals surface area contributed by atoms with E-state index in [1.165, 1.54) is 39.2 Å². The van der Waals surface area contributed by atoms with Gasteiger partial charge < -0.3 is 14.7 Å². The molecule has 1 aliphatic rings. The summed E-state index contributed by atoms with van der Waals surface area (Å²) in [6.45, 7) is 5.72. The largest absolute Gasteiger partial charge is 0.492 e. The number of aromatic nitrogens is 3. The number of benzene rings is 1. The molecule has 4 atom stereocenters. The first-order valence-corrected chi connectivity index (χ1v) is 9.11. The zero-order chi connectivity index (χ0) is 17.6. The van der Waals surface area contributed by atoms with Crippen LogP contribution in [0.4, 0.5) is 4.39 Å². The van der Waals surface area contributed by atoms with Gasteiger partial charge in [-0.25, -0.2) is 9.37 Å². The van der Waals surface area contributed by atoms with Crippen LogP contribution in [0.5, 0.6) is 5.88 Å². The van der Waals surface area contributed by atoms with Crippen molar-refractivity contribution < 1.29 is 19.1 Å². The molecule has 132 valence electrons. The molecular weight excluding hydrogens is 343 g/mol. The minimum Gasteiger partial charge on any atom is -0.492 e. The van der Waals surface area contributed by atoms with Crippen molar-refractivity contribution in [2.75, 3.05) is 13.1 Å². The predicted molar refractivity (Wildman–Crippen MR) is 91.5 cm³/mol. The van der Waals surface area contributed by atoms with Crippen LogP contribution in [0, 0.1) is 5.82 Å². The SMILES string of the molecule is C[C@@H]1C[NH+]([C@@H](c2ccc(F)cc2)c2sc3ncnn3c2O)C[C@H](C)O1. The normalized spacial score (nSPS) is 25.3. The van der Waals surface area contributed by atoms with Crippen LogP contribution in [-0.2, 0) is 4.74 Å². The standard InChI is InChI=1S/C17H19FN4O2S/c1-10-7-21(8-11(2)24-10)14(12-3-5-13(18)6-4-12)15-16(23)22-17(25-15)19-9-20-22/h3-6,9-11,14,23H,7-8H2,1-2H3/p+1/t10-,11+,14-/m0/s1. The third-order valence-corrected chi connectivity index (χ3v) is 5.68. The number of hydrogen-bond acceptors (Lipinski definition) is 5. The van der Waals surface area contributed by atoms with Crippen LogP contribution < -0.4 is 4.90 Å². The van der Waals surface area contributed by atoms with Gasteiger partial charge in [0, 0.05) is 5.56 Å². The van der Waals surface area contributed by atoms with Crippen LogP contribution in [-0.4, -0.2) is 45.0 Å². The van der Waals surface area contributed by atoms with Crippen molar-refractivity contribution in [3.8, 4) is 5.88 Å². The summed E-state index contributed by atoms with van der Waals surface area (Å²) < 4.78 is 20.7. The summed E-state index contributed by atoms with van der Waals surface area (Å²) >= 11 is 1.42. The second kappa shape index (κ2) is 6.36. The lowest BCUT2D eigenvalue weighted by molar-refractivity contribution is -0.939. The highest BCUT2D eigenvalue weighted by molar-refractivity contribution is 7.17. The Balaban J connectivity index is 1.81. The minimum atomic E-state index is -0.270. The van der Waals surface area contributed by atoms with Gasteiger partial charge in [-0.05, 0) is 38.1 Å². The van der Waals surface area contributed by atoms with Crippen molar-refractivity contribution in [1.82, 2.24) is 14.6 Å². The van der Waals surface area contributed by atoms with Crippen molar-refractivity contribution in [3.63, 3.8) is 0 Å². The number of thiazole rings is 1. The Hall–Kier alpha value is -2.03. The molecule has 1 fully saturated rings. The topological polar surface area (TPSA) is 64.1 Å². The molecule has 2 aromatic heterocycles. The van der Waals surface area contributed by atoms with Crippen LogP contribution in [0.25, 0.3) is 4.96 Å². The summed E-state index contributed by atoms with van der Waals surface area (Å²) in [5.74, 6) is -0.167. The van der Waals surface area contributed by atoms with Crippen LogP contribution in [0.15, 0.2) is 30.6 Å². The van der Waals surface area contributed by atoms with Crippen LogP contribution in [0.1, 0.15) is 30.3 Å². The zero-order valence-corrected chi connectivity index (χ0v) is 14.8. The van der Waals surface area contributed by atoms with E-state index >= 15 is 0 Å². The fraction of sp³-hybridized carbons (Fsp3) is 0.412. The molecule has 0 aliphatic carbocycles. The molecule has 0 bridgehead atoms. The van der Waals surface area contributed by atoms with Crippen LogP contribution in [0.3, 0.4) is 0 Å². The number of quaternary nitrogens is 1. The molecule has 25 heavy (non-hydrogen) atoms. The van der Waals surface area contributed by atoms with Gasteiger partial charge in [-0.15, -0.1) is 0 Å². The lowest BCUT2D eigenvalue weighted by Gasteiger charge is -2.37. The Morgan fingerprint density at radius 1 is 1.28 bits per heavy atom. The highest BCUT2D eigenvalue weighted by atomic mass is 32.1. The number of morpholine rings is 1. The van der Waals surface area contributed by atoms with Gasteiger partial charge in [0.05, 0.1) is 0 Å². The summed E-state index contributed by atoms with van der Waals surface area (Å²) in [5, 5.41) is 14.8. The summed E-state index contributed by atoms with van der Waals surface area (Å²) in [6, 6.07) is 6.37. The molecule has 3 aromatic rings. The Bertz CT molecular complexity index is 869. The third kappa shape index (κ3) is 3.01. The third-order valence-electron chi connectivity index (χ3n) is 4.58.